The molecule has 3 fully saturated rings. The van der Waals surface area contributed by atoms with Gasteiger partial charge in [0.05, 0.1) is 6.10 Å². The van der Waals surface area contributed by atoms with E-state index in [0.717, 1.165) is 0 Å². The van der Waals surface area contributed by atoms with Crippen molar-refractivity contribution in [3.63, 3.8) is 0 Å². The fourth-order valence-corrected chi connectivity index (χ4v) is 8.15. The highest BCUT2D eigenvalue weighted by Gasteiger charge is 2.72. The highest BCUT2D eigenvalue weighted by atomic mass is 19.1. The number of halogens is 1. The van der Waals surface area contributed by atoms with E-state index in [1.807, 2.05) is 27.7 Å². The Morgan fingerprint density at radius 3 is 2.64 bits per heavy atom. The summed E-state index contributed by atoms with van der Waals surface area (Å²) in [7, 11) is 0. The van der Waals surface area contributed by atoms with Crippen molar-refractivity contribution in [2.75, 3.05) is 6.61 Å². The van der Waals surface area contributed by atoms with Crippen LogP contribution < -0.4 is 0 Å². The number of carbonyl (C=O) groups excluding carboxylic acids is 3. The number of aliphatic hydroxyl groups is 2. The summed E-state index contributed by atoms with van der Waals surface area (Å²) >= 11 is 0. The molecule has 8 atom stereocenters. The summed E-state index contributed by atoms with van der Waals surface area (Å²) in [5.74, 6) is -3.07. The van der Waals surface area contributed by atoms with Crippen LogP contribution in [0.5, 0.6) is 0 Å². The lowest BCUT2D eigenvalue weighted by Gasteiger charge is -2.60. The highest BCUT2D eigenvalue weighted by molar-refractivity contribution is 6.04. The Bertz CT molecular complexity index is 939. The molecule has 0 saturated heterocycles. The van der Waals surface area contributed by atoms with Crippen LogP contribution in [0.25, 0.3) is 0 Å². The van der Waals surface area contributed by atoms with Crippen LogP contribution >= 0.6 is 0 Å². The Hall–Kier alpha value is -1.86. The second-order valence-electron chi connectivity index (χ2n) is 11.0. The molecule has 7 heteroatoms. The number of fused-ring (bicyclic) bond motifs is 5. The zero-order valence-electron chi connectivity index (χ0n) is 19.9. The van der Waals surface area contributed by atoms with Gasteiger partial charge in [0.15, 0.2) is 11.4 Å². The van der Waals surface area contributed by atoms with E-state index in [9.17, 15) is 29.0 Å². The average Bonchev–Trinajstić information content (AvgIpc) is 2.97. The van der Waals surface area contributed by atoms with Crippen molar-refractivity contribution in [3.8, 4) is 0 Å². The first-order valence-electron chi connectivity index (χ1n) is 12.1. The van der Waals surface area contributed by atoms with Gasteiger partial charge in [-0.05, 0) is 55.6 Å². The van der Waals surface area contributed by atoms with Gasteiger partial charge in [-0.1, -0.05) is 33.8 Å². The largest absolute Gasteiger partial charge is 0.450 e. The Labute approximate surface area is 194 Å². The summed E-state index contributed by atoms with van der Waals surface area (Å²) in [6.45, 7) is 6.79. The first kappa shape index (κ1) is 24.3. The molecule has 3 saturated carbocycles. The van der Waals surface area contributed by atoms with Crippen molar-refractivity contribution in [3.05, 3.63) is 23.6 Å². The maximum absolute atomic E-state index is 14.8. The van der Waals surface area contributed by atoms with Crippen LogP contribution in [0.1, 0.15) is 66.2 Å². The minimum absolute atomic E-state index is 0.0427. The predicted octanol–water partition coefficient (Wildman–Crippen LogP) is 3.45. The topological polar surface area (TPSA) is 101 Å². The molecule has 0 radical (unpaired) electrons. The molecule has 0 aromatic heterocycles. The quantitative estimate of drug-likeness (QED) is 0.607. The van der Waals surface area contributed by atoms with E-state index < -0.39 is 52.5 Å². The molecule has 4 aliphatic rings. The van der Waals surface area contributed by atoms with Gasteiger partial charge in [-0.2, -0.15) is 0 Å². The smallest absolute Gasteiger partial charge is 0.306 e. The van der Waals surface area contributed by atoms with Gasteiger partial charge in [-0.15, -0.1) is 0 Å². The number of hydrogen-bond donors (Lipinski definition) is 2. The predicted molar refractivity (Wildman–Crippen MR) is 118 cm³/mol. The molecule has 0 aromatic rings. The summed E-state index contributed by atoms with van der Waals surface area (Å²) in [5, 5.41) is 21.4. The van der Waals surface area contributed by atoms with Crippen molar-refractivity contribution in [1.82, 2.24) is 0 Å². The number of Topliss-reactive ketones (excluding diaryl/α,β-unsaturated/α-hetero) is 1. The molecule has 4 rings (SSSR count). The van der Waals surface area contributed by atoms with E-state index in [4.69, 9.17) is 4.74 Å². The molecule has 0 heterocycles. The normalized spacial score (nSPS) is 44.2. The molecule has 0 bridgehead atoms. The van der Waals surface area contributed by atoms with Crippen molar-refractivity contribution in [1.29, 1.82) is 0 Å². The van der Waals surface area contributed by atoms with Crippen LogP contribution in [0.3, 0.4) is 0 Å². The van der Waals surface area contributed by atoms with Gasteiger partial charge in [0.25, 0.3) is 0 Å². The Morgan fingerprint density at radius 2 is 2.00 bits per heavy atom. The maximum Gasteiger partial charge on any atom is 0.306 e. The fraction of sp³-hybridized carbons (Fsp3) is 0.731. The number of ketones is 2. The minimum atomic E-state index is -1.51. The van der Waals surface area contributed by atoms with Gasteiger partial charge in [-0.3, -0.25) is 14.4 Å². The lowest BCUT2D eigenvalue weighted by atomic mass is 9.46. The summed E-state index contributed by atoms with van der Waals surface area (Å²) < 4.78 is 20.8. The van der Waals surface area contributed by atoms with E-state index in [2.05, 4.69) is 0 Å². The van der Waals surface area contributed by atoms with Crippen LogP contribution in [-0.4, -0.2) is 46.1 Å². The second kappa shape index (κ2) is 8.12. The van der Waals surface area contributed by atoms with Crippen molar-refractivity contribution in [2.24, 2.45) is 34.5 Å². The Kier molecular flexibility index (Phi) is 5.97. The number of rotatable bonds is 5. The Balaban J connectivity index is 1.79. The number of allylic oxidation sites excluding steroid dienone is 4. The molecule has 2 unspecified atom stereocenters. The Morgan fingerprint density at radius 1 is 1.30 bits per heavy atom. The van der Waals surface area contributed by atoms with Gasteiger partial charge in [0, 0.05) is 29.1 Å². The number of aliphatic hydroxyl groups excluding tert-OH is 2. The molecule has 0 aliphatic heterocycles. The van der Waals surface area contributed by atoms with E-state index in [-0.39, 0.29) is 36.5 Å². The highest BCUT2D eigenvalue weighted by Crippen LogP contribution is 2.69. The fourth-order valence-electron chi connectivity index (χ4n) is 8.15. The van der Waals surface area contributed by atoms with Crippen molar-refractivity contribution >= 4 is 17.5 Å². The SMILES string of the molecule is CCCC(=O)O[C@]1(C(=O)CO)C(C)C[C@H]2[C@@H]3CCC4=C(F)C(=O)C=C[C@]4(C)[C@H]3C(O)C[C@@]21C. The molecule has 0 spiro atoms. The summed E-state index contributed by atoms with van der Waals surface area (Å²) in [6.07, 6.45) is 4.66. The monoisotopic (exact) mass is 462 g/mol. The van der Waals surface area contributed by atoms with E-state index in [1.54, 1.807) is 6.08 Å². The van der Waals surface area contributed by atoms with Crippen molar-refractivity contribution < 1.29 is 33.7 Å². The maximum atomic E-state index is 14.8. The first-order chi connectivity index (χ1) is 15.5. The van der Waals surface area contributed by atoms with Gasteiger partial charge < -0.3 is 14.9 Å². The summed E-state index contributed by atoms with van der Waals surface area (Å²) in [5.41, 5.74) is -2.70. The van der Waals surface area contributed by atoms with Crippen LogP contribution in [-0.2, 0) is 19.1 Å². The molecule has 182 valence electrons. The van der Waals surface area contributed by atoms with Gasteiger partial charge in [0.1, 0.15) is 6.61 Å². The van der Waals surface area contributed by atoms with Crippen LogP contribution in [0.2, 0.25) is 0 Å². The number of carbonyl (C=O) groups is 3. The van der Waals surface area contributed by atoms with E-state index >= 15 is 0 Å². The van der Waals surface area contributed by atoms with E-state index in [0.29, 0.717) is 31.3 Å². The van der Waals surface area contributed by atoms with Crippen LogP contribution in [0, 0.1) is 34.5 Å². The number of esters is 1. The van der Waals surface area contributed by atoms with Crippen LogP contribution in [0.4, 0.5) is 4.39 Å². The molecule has 0 aromatic carbocycles. The van der Waals surface area contributed by atoms with Crippen molar-refractivity contribution in [2.45, 2.75) is 77.9 Å². The second-order valence-corrected chi connectivity index (χ2v) is 11.0. The van der Waals surface area contributed by atoms with Gasteiger partial charge in [-0.25, -0.2) is 4.39 Å². The number of ether oxygens (including phenoxy) is 1. The molecular weight excluding hydrogens is 427 g/mol. The molecule has 6 nitrogen and oxygen atoms in total. The standard InChI is InChI=1S/C26H35FO6/c1-5-6-21(32)33-26(20(31)13-28)14(2)11-17-15-7-8-16-23(27)18(29)9-10-24(16,3)22(15)19(30)12-25(17,26)4/h9-10,14-15,17,19,22,28,30H,5-8,11-13H2,1-4H3/t14?,15-,17-,19?,22+,24-,25-,26-/m0/s1. The third-order valence-corrected chi connectivity index (χ3v) is 9.41. The lowest BCUT2D eigenvalue weighted by molar-refractivity contribution is -0.205. The van der Waals surface area contributed by atoms with Gasteiger partial charge in [0.2, 0.25) is 11.6 Å². The average molecular weight is 463 g/mol. The van der Waals surface area contributed by atoms with E-state index in [1.165, 1.54) is 6.08 Å². The zero-order chi connectivity index (χ0) is 24.3. The lowest BCUT2D eigenvalue weighted by Crippen LogP contribution is -2.64. The molecule has 33 heavy (non-hydrogen) atoms. The first-order valence-corrected chi connectivity index (χ1v) is 12.1. The minimum Gasteiger partial charge on any atom is -0.450 e. The molecular formula is C26H35FO6. The summed E-state index contributed by atoms with van der Waals surface area (Å²) in [4.78, 5) is 37.9. The molecule has 0 amide bonds. The molecule has 4 aliphatic carbocycles. The van der Waals surface area contributed by atoms with Gasteiger partial charge >= 0.3 is 5.97 Å². The third-order valence-electron chi connectivity index (χ3n) is 9.41. The zero-order valence-corrected chi connectivity index (χ0v) is 19.9. The van der Waals surface area contributed by atoms with Crippen LogP contribution in [0.15, 0.2) is 23.6 Å². The number of hydrogen-bond acceptors (Lipinski definition) is 6. The summed E-state index contributed by atoms with van der Waals surface area (Å²) in [6, 6.07) is 0. The molecule has 2 N–H and O–H groups in total. The third kappa shape index (κ3) is 3.14.